The Morgan fingerprint density at radius 2 is 2.15 bits per heavy atom. The zero-order valence-corrected chi connectivity index (χ0v) is 12.3. The van der Waals surface area contributed by atoms with Gasteiger partial charge in [0.2, 0.25) is 0 Å². The molecule has 1 aromatic carbocycles. The van der Waals surface area contributed by atoms with E-state index in [0.717, 1.165) is 16.8 Å². The Kier molecular flexibility index (Phi) is 4.08. The molecule has 1 aromatic heterocycles. The quantitative estimate of drug-likeness (QED) is 0.932. The SMILES string of the molecule is CNC(=O)N(Cc1cnn(C)c1)c1ccc(C)cc1C. The van der Waals surface area contributed by atoms with Crippen LogP contribution in [-0.2, 0) is 13.6 Å². The summed E-state index contributed by atoms with van der Waals surface area (Å²) in [5.74, 6) is 0. The number of nitrogens with zero attached hydrogens (tertiary/aromatic N) is 3. The summed E-state index contributed by atoms with van der Waals surface area (Å²) >= 11 is 0. The maximum atomic E-state index is 12.1. The molecule has 0 aliphatic heterocycles. The van der Waals surface area contributed by atoms with E-state index in [-0.39, 0.29) is 6.03 Å². The molecular weight excluding hydrogens is 252 g/mol. The first-order valence-electron chi connectivity index (χ1n) is 6.55. The molecule has 2 amide bonds. The van der Waals surface area contributed by atoms with Gasteiger partial charge < -0.3 is 5.32 Å². The summed E-state index contributed by atoms with van der Waals surface area (Å²) in [7, 11) is 3.51. The second kappa shape index (κ2) is 5.77. The number of anilines is 1. The van der Waals surface area contributed by atoms with Crippen molar-refractivity contribution in [3.63, 3.8) is 0 Å². The van der Waals surface area contributed by atoms with Gasteiger partial charge >= 0.3 is 6.03 Å². The number of aromatic nitrogens is 2. The lowest BCUT2D eigenvalue weighted by Gasteiger charge is -2.23. The van der Waals surface area contributed by atoms with E-state index in [4.69, 9.17) is 0 Å². The van der Waals surface area contributed by atoms with Gasteiger partial charge in [0.1, 0.15) is 0 Å². The van der Waals surface area contributed by atoms with Crippen LogP contribution in [0.25, 0.3) is 0 Å². The van der Waals surface area contributed by atoms with Gasteiger partial charge in [-0.15, -0.1) is 0 Å². The summed E-state index contributed by atoms with van der Waals surface area (Å²) < 4.78 is 1.74. The Balaban J connectivity index is 2.34. The second-order valence-electron chi connectivity index (χ2n) is 4.95. The van der Waals surface area contributed by atoms with Gasteiger partial charge in [-0.3, -0.25) is 9.58 Å². The van der Waals surface area contributed by atoms with E-state index in [2.05, 4.69) is 16.5 Å². The largest absolute Gasteiger partial charge is 0.341 e. The molecule has 0 saturated carbocycles. The van der Waals surface area contributed by atoms with Crippen LogP contribution < -0.4 is 10.2 Å². The number of hydrogen-bond acceptors (Lipinski definition) is 2. The van der Waals surface area contributed by atoms with Crippen molar-refractivity contribution in [3.8, 4) is 0 Å². The lowest BCUT2D eigenvalue weighted by atomic mass is 10.1. The van der Waals surface area contributed by atoms with Crippen LogP contribution in [-0.4, -0.2) is 22.9 Å². The van der Waals surface area contributed by atoms with E-state index in [0.29, 0.717) is 6.54 Å². The molecular formula is C15H20N4O. The number of rotatable bonds is 3. The van der Waals surface area contributed by atoms with Gasteiger partial charge in [0.25, 0.3) is 0 Å². The van der Waals surface area contributed by atoms with Crippen LogP contribution in [0.3, 0.4) is 0 Å². The van der Waals surface area contributed by atoms with E-state index in [1.165, 1.54) is 5.56 Å². The highest BCUT2D eigenvalue weighted by atomic mass is 16.2. The Morgan fingerprint density at radius 1 is 1.40 bits per heavy atom. The van der Waals surface area contributed by atoms with Gasteiger partial charge in [0.05, 0.1) is 12.7 Å². The molecule has 0 saturated heterocycles. The molecule has 1 N–H and O–H groups in total. The molecule has 0 radical (unpaired) electrons. The molecule has 1 heterocycles. The number of amides is 2. The third-order valence-electron chi connectivity index (χ3n) is 3.20. The number of urea groups is 1. The minimum absolute atomic E-state index is 0.124. The normalized spacial score (nSPS) is 10.4. The monoisotopic (exact) mass is 272 g/mol. The van der Waals surface area contributed by atoms with Crippen molar-refractivity contribution in [1.29, 1.82) is 0 Å². The molecule has 20 heavy (non-hydrogen) atoms. The maximum Gasteiger partial charge on any atom is 0.321 e. The van der Waals surface area contributed by atoms with Gasteiger partial charge in [-0.1, -0.05) is 17.7 Å². The predicted molar refractivity (Wildman–Crippen MR) is 79.8 cm³/mol. The highest BCUT2D eigenvalue weighted by Crippen LogP contribution is 2.23. The maximum absolute atomic E-state index is 12.1. The molecule has 0 aliphatic carbocycles. The standard InChI is InChI=1S/C15H20N4O/c1-11-5-6-14(12(2)7-11)19(15(20)16-3)10-13-8-17-18(4)9-13/h5-9H,10H2,1-4H3,(H,16,20). The van der Waals surface area contributed by atoms with E-state index < -0.39 is 0 Å². The van der Waals surface area contributed by atoms with Crippen LogP contribution in [0.15, 0.2) is 30.6 Å². The molecule has 0 atom stereocenters. The highest BCUT2D eigenvalue weighted by molar-refractivity contribution is 5.92. The highest BCUT2D eigenvalue weighted by Gasteiger charge is 2.17. The first kappa shape index (κ1) is 14.1. The van der Waals surface area contributed by atoms with Gasteiger partial charge in [-0.25, -0.2) is 4.79 Å². The molecule has 0 spiro atoms. The van der Waals surface area contributed by atoms with Crippen LogP contribution in [0, 0.1) is 13.8 Å². The number of benzene rings is 1. The van der Waals surface area contributed by atoms with Crippen molar-refractivity contribution in [1.82, 2.24) is 15.1 Å². The lowest BCUT2D eigenvalue weighted by Crippen LogP contribution is -2.38. The average Bonchev–Trinajstić information content (AvgIpc) is 2.81. The molecule has 2 rings (SSSR count). The second-order valence-corrected chi connectivity index (χ2v) is 4.95. The average molecular weight is 272 g/mol. The van der Waals surface area contributed by atoms with Crippen LogP contribution in [0.2, 0.25) is 0 Å². The Morgan fingerprint density at radius 3 is 2.70 bits per heavy atom. The van der Waals surface area contributed by atoms with Crippen molar-refractivity contribution in [3.05, 3.63) is 47.3 Å². The molecule has 5 nitrogen and oxygen atoms in total. The summed E-state index contributed by atoms with van der Waals surface area (Å²) in [4.78, 5) is 13.9. The first-order chi connectivity index (χ1) is 9.51. The summed E-state index contributed by atoms with van der Waals surface area (Å²) in [6, 6.07) is 5.95. The Labute approximate surface area is 119 Å². The minimum atomic E-state index is -0.124. The van der Waals surface area contributed by atoms with Gasteiger partial charge in [0.15, 0.2) is 0 Å². The molecule has 0 fully saturated rings. The lowest BCUT2D eigenvalue weighted by molar-refractivity contribution is 0.248. The predicted octanol–water partition coefficient (Wildman–Crippen LogP) is 2.38. The van der Waals surface area contributed by atoms with Crippen molar-refractivity contribution in [2.45, 2.75) is 20.4 Å². The summed E-state index contributed by atoms with van der Waals surface area (Å²) in [6.45, 7) is 4.56. The molecule has 5 heteroatoms. The van der Waals surface area contributed by atoms with E-state index >= 15 is 0 Å². The van der Waals surface area contributed by atoms with Crippen molar-refractivity contribution < 1.29 is 4.79 Å². The zero-order chi connectivity index (χ0) is 14.7. The zero-order valence-electron chi connectivity index (χ0n) is 12.3. The Bertz CT molecular complexity index is 618. The van der Waals surface area contributed by atoms with Crippen molar-refractivity contribution in [2.75, 3.05) is 11.9 Å². The molecule has 0 unspecified atom stereocenters. The number of aryl methyl sites for hydroxylation is 3. The van der Waals surface area contributed by atoms with Gasteiger partial charge in [0, 0.05) is 31.5 Å². The Hall–Kier alpha value is -2.30. The fourth-order valence-electron chi connectivity index (χ4n) is 2.25. The fourth-order valence-corrected chi connectivity index (χ4v) is 2.25. The topological polar surface area (TPSA) is 50.2 Å². The minimum Gasteiger partial charge on any atom is -0.341 e. The van der Waals surface area contributed by atoms with Crippen LogP contribution in [0.4, 0.5) is 10.5 Å². The third-order valence-corrected chi connectivity index (χ3v) is 3.20. The summed E-state index contributed by atoms with van der Waals surface area (Å²) in [5, 5.41) is 6.84. The number of carbonyl (C=O) groups is 1. The van der Waals surface area contributed by atoms with Crippen LogP contribution >= 0.6 is 0 Å². The van der Waals surface area contributed by atoms with Crippen LogP contribution in [0.1, 0.15) is 16.7 Å². The van der Waals surface area contributed by atoms with Crippen molar-refractivity contribution >= 4 is 11.7 Å². The third kappa shape index (κ3) is 2.99. The number of hydrogen-bond donors (Lipinski definition) is 1. The number of nitrogens with one attached hydrogen (secondary N) is 1. The molecule has 0 bridgehead atoms. The van der Waals surface area contributed by atoms with Gasteiger partial charge in [-0.2, -0.15) is 5.10 Å². The van der Waals surface area contributed by atoms with Crippen molar-refractivity contribution in [2.24, 2.45) is 7.05 Å². The fraction of sp³-hybridized carbons (Fsp3) is 0.333. The summed E-state index contributed by atoms with van der Waals surface area (Å²) in [5.41, 5.74) is 4.18. The summed E-state index contributed by atoms with van der Waals surface area (Å²) in [6.07, 6.45) is 3.69. The molecule has 106 valence electrons. The van der Waals surface area contributed by atoms with E-state index in [1.807, 2.05) is 39.2 Å². The molecule has 2 aromatic rings. The van der Waals surface area contributed by atoms with E-state index in [1.54, 1.807) is 22.8 Å². The molecule has 0 aliphatic rings. The van der Waals surface area contributed by atoms with E-state index in [9.17, 15) is 4.79 Å². The smallest absolute Gasteiger partial charge is 0.321 e. The number of carbonyl (C=O) groups excluding carboxylic acids is 1. The van der Waals surface area contributed by atoms with Gasteiger partial charge in [-0.05, 0) is 25.5 Å². The first-order valence-corrected chi connectivity index (χ1v) is 6.55. The van der Waals surface area contributed by atoms with Crippen LogP contribution in [0.5, 0.6) is 0 Å².